The van der Waals surface area contributed by atoms with Crippen LogP contribution in [-0.2, 0) is 19.1 Å². The molecule has 13 nitrogen and oxygen atoms in total. The van der Waals surface area contributed by atoms with Gasteiger partial charge in [0.25, 0.3) is 0 Å². The van der Waals surface area contributed by atoms with Crippen molar-refractivity contribution >= 4 is 23.9 Å². The van der Waals surface area contributed by atoms with E-state index in [0.29, 0.717) is 6.42 Å². The zero-order valence-electron chi connectivity index (χ0n) is 25.1. The molecule has 2 rings (SSSR count). The number of methoxy groups -OCH3 is 2. The summed E-state index contributed by atoms with van der Waals surface area (Å²) < 4.78 is 9.31. The maximum absolute atomic E-state index is 11.2. The van der Waals surface area contributed by atoms with E-state index in [4.69, 9.17) is 35.7 Å². The van der Waals surface area contributed by atoms with E-state index >= 15 is 0 Å². The summed E-state index contributed by atoms with van der Waals surface area (Å²) in [5.74, 6) is -2.63. The molecule has 7 N–H and O–H groups in total. The summed E-state index contributed by atoms with van der Waals surface area (Å²) in [5, 5.41) is 59.8. The van der Waals surface area contributed by atoms with Crippen LogP contribution in [0.5, 0.6) is 0 Å². The van der Waals surface area contributed by atoms with E-state index in [2.05, 4.69) is 9.47 Å². The quantitative estimate of drug-likeness (QED) is 0.188. The molecule has 1 saturated carbocycles. The minimum absolute atomic E-state index is 0.0186. The molecule has 1 aromatic rings. The van der Waals surface area contributed by atoms with Crippen molar-refractivity contribution in [2.24, 2.45) is 22.7 Å². The first-order valence-corrected chi connectivity index (χ1v) is 13.4. The first kappa shape index (κ1) is 41.0. The molecule has 1 aliphatic rings. The van der Waals surface area contributed by atoms with E-state index in [1.807, 2.05) is 6.92 Å². The fraction of sp³-hybridized carbons (Fsp3) is 0.655. The second kappa shape index (κ2) is 21.6. The second-order valence-electron chi connectivity index (χ2n) is 10.6. The Morgan fingerprint density at radius 3 is 1.21 bits per heavy atom. The van der Waals surface area contributed by atoms with Crippen molar-refractivity contribution in [1.29, 1.82) is 0 Å². The summed E-state index contributed by atoms with van der Waals surface area (Å²) in [5.41, 5.74) is -1.01. The molecule has 42 heavy (non-hydrogen) atoms. The fourth-order valence-corrected chi connectivity index (χ4v) is 3.22. The van der Waals surface area contributed by atoms with Gasteiger partial charge in [0.15, 0.2) is 0 Å². The largest absolute Gasteiger partial charge is 0.478 e. The van der Waals surface area contributed by atoms with Crippen LogP contribution < -0.4 is 0 Å². The number of aromatic carboxylic acids is 2. The lowest BCUT2D eigenvalue weighted by molar-refractivity contribution is -0.151. The molecule has 1 aromatic carbocycles. The number of hydrogen-bond acceptors (Lipinski definition) is 11. The average molecular weight is 605 g/mol. The van der Waals surface area contributed by atoms with Gasteiger partial charge in [-0.15, -0.1) is 0 Å². The van der Waals surface area contributed by atoms with Crippen LogP contribution in [0.15, 0.2) is 24.3 Å². The normalized spacial score (nSPS) is 16.1. The van der Waals surface area contributed by atoms with E-state index in [1.165, 1.54) is 32.4 Å². The molecule has 0 spiro atoms. The highest BCUT2D eigenvalue weighted by molar-refractivity contribution is 5.93. The van der Waals surface area contributed by atoms with Crippen LogP contribution in [0.4, 0.5) is 0 Å². The SMILES string of the molecule is CC(C)(CO)CO.CCC(CO)(CO)CO.COC(=O)C1CCC(C(=O)OC)CC1.O=C(O)c1cccc(C(=O)O)c1. The third-order valence-electron chi connectivity index (χ3n) is 6.76. The minimum Gasteiger partial charge on any atom is -0.478 e. The van der Waals surface area contributed by atoms with Gasteiger partial charge in [-0.1, -0.05) is 26.8 Å². The van der Waals surface area contributed by atoms with Crippen molar-refractivity contribution in [3.8, 4) is 0 Å². The van der Waals surface area contributed by atoms with Crippen molar-refractivity contribution in [2.75, 3.05) is 47.3 Å². The standard InChI is InChI=1S/C10H16O4.C8H6O4.C6H14O3.C5H12O2/c1-13-9(11)7-3-5-8(6-4-7)10(12)14-2;9-7(10)5-2-1-3-6(4-5)8(11)12;1-2-6(3-7,4-8)5-9;1-5(2,3-6)4-7/h7-8H,3-6H2,1-2H3;1-4H,(H,9,10)(H,11,12);7-9H,2-5H2,1H3;6-7H,3-4H2,1-2H3. The Bertz CT molecular complexity index is 856. The Kier molecular flexibility index (Phi) is 21.1. The lowest BCUT2D eigenvalue weighted by Gasteiger charge is -2.24. The minimum atomic E-state index is -1.13. The van der Waals surface area contributed by atoms with Gasteiger partial charge in [0.05, 0.1) is 70.2 Å². The van der Waals surface area contributed by atoms with Gasteiger partial charge in [-0.25, -0.2) is 9.59 Å². The van der Waals surface area contributed by atoms with Gasteiger partial charge in [0.2, 0.25) is 0 Å². The highest BCUT2D eigenvalue weighted by atomic mass is 16.5. The fourth-order valence-electron chi connectivity index (χ4n) is 3.22. The number of ether oxygens (including phenoxy) is 2. The molecule has 0 heterocycles. The Hall–Kier alpha value is -3.10. The Labute approximate surface area is 246 Å². The molecule has 0 atom stereocenters. The monoisotopic (exact) mass is 604 g/mol. The van der Waals surface area contributed by atoms with Crippen molar-refractivity contribution < 1.29 is 64.4 Å². The van der Waals surface area contributed by atoms with Gasteiger partial charge < -0.3 is 45.2 Å². The highest BCUT2D eigenvalue weighted by Crippen LogP contribution is 2.30. The molecule has 1 fully saturated rings. The predicted octanol–water partition coefficient (Wildman–Crippen LogP) is 1.58. The van der Waals surface area contributed by atoms with E-state index in [-0.39, 0.29) is 73.4 Å². The molecule has 0 unspecified atom stereocenters. The van der Waals surface area contributed by atoms with Crippen molar-refractivity contribution in [3.05, 3.63) is 35.4 Å². The van der Waals surface area contributed by atoms with Crippen LogP contribution in [0.3, 0.4) is 0 Å². The molecule has 0 amide bonds. The molecular weight excluding hydrogens is 556 g/mol. The molecule has 0 bridgehead atoms. The second-order valence-corrected chi connectivity index (χ2v) is 10.6. The van der Waals surface area contributed by atoms with Crippen LogP contribution in [0, 0.1) is 22.7 Å². The summed E-state index contributed by atoms with van der Waals surface area (Å²) in [4.78, 5) is 43.1. The van der Waals surface area contributed by atoms with Gasteiger partial charge >= 0.3 is 23.9 Å². The molecule has 1 aliphatic carbocycles. The summed E-state index contributed by atoms with van der Waals surface area (Å²) in [6, 6.07) is 5.20. The van der Waals surface area contributed by atoms with Crippen molar-refractivity contribution in [3.63, 3.8) is 0 Å². The summed E-state index contributed by atoms with van der Waals surface area (Å²) in [7, 11) is 2.80. The van der Waals surface area contributed by atoms with E-state index < -0.39 is 17.4 Å². The van der Waals surface area contributed by atoms with E-state index in [9.17, 15) is 19.2 Å². The Morgan fingerprint density at radius 2 is 1.05 bits per heavy atom. The highest BCUT2D eigenvalue weighted by Gasteiger charge is 2.30. The number of rotatable bonds is 10. The van der Waals surface area contributed by atoms with Crippen molar-refractivity contribution in [2.45, 2.75) is 52.9 Å². The first-order valence-electron chi connectivity index (χ1n) is 13.4. The number of hydrogen-bond donors (Lipinski definition) is 7. The van der Waals surface area contributed by atoms with Gasteiger partial charge in [0.1, 0.15) is 0 Å². The number of carbonyl (C=O) groups is 4. The smallest absolute Gasteiger partial charge is 0.335 e. The molecule has 13 heteroatoms. The molecular formula is C29H48O13. The third kappa shape index (κ3) is 15.8. The average Bonchev–Trinajstić information content (AvgIpc) is 3.02. The van der Waals surface area contributed by atoms with Gasteiger partial charge in [-0.3, -0.25) is 9.59 Å². The molecule has 242 valence electrons. The van der Waals surface area contributed by atoms with Gasteiger partial charge in [-0.2, -0.15) is 0 Å². The number of aliphatic hydroxyl groups is 5. The Balaban J connectivity index is 0. The summed E-state index contributed by atoms with van der Waals surface area (Å²) >= 11 is 0. The third-order valence-corrected chi connectivity index (χ3v) is 6.76. The Morgan fingerprint density at radius 1 is 0.714 bits per heavy atom. The topological polar surface area (TPSA) is 228 Å². The zero-order valence-corrected chi connectivity index (χ0v) is 25.1. The predicted molar refractivity (Wildman–Crippen MR) is 152 cm³/mol. The number of esters is 2. The van der Waals surface area contributed by atoms with E-state index in [0.717, 1.165) is 31.7 Å². The van der Waals surface area contributed by atoms with Crippen LogP contribution in [-0.4, -0.2) is 107 Å². The molecule has 0 radical (unpaired) electrons. The summed E-state index contributed by atoms with van der Waals surface area (Å²) in [6.45, 7) is 5.04. The maximum Gasteiger partial charge on any atom is 0.335 e. The molecule has 0 saturated heterocycles. The molecule has 0 aliphatic heterocycles. The summed E-state index contributed by atoms with van der Waals surface area (Å²) in [6.07, 6.45) is 3.51. The number of carbonyl (C=O) groups excluding carboxylic acids is 2. The number of carboxylic acids is 2. The van der Waals surface area contributed by atoms with Crippen LogP contribution in [0.25, 0.3) is 0 Å². The van der Waals surface area contributed by atoms with Gasteiger partial charge in [0, 0.05) is 10.8 Å². The number of carboxylic acid groups (broad SMARTS) is 2. The first-order chi connectivity index (χ1) is 19.7. The maximum atomic E-state index is 11.2. The lowest BCUT2D eigenvalue weighted by atomic mass is 9.82. The molecule has 0 aromatic heterocycles. The number of benzene rings is 1. The van der Waals surface area contributed by atoms with Gasteiger partial charge in [-0.05, 0) is 50.3 Å². The lowest BCUT2D eigenvalue weighted by Crippen LogP contribution is -2.32. The number of aliphatic hydroxyl groups excluding tert-OH is 5. The zero-order chi connectivity index (χ0) is 32.9. The van der Waals surface area contributed by atoms with Crippen LogP contribution >= 0.6 is 0 Å². The van der Waals surface area contributed by atoms with Crippen molar-refractivity contribution in [1.82, 2.24) is 0 Å². The van der Waals surface area contributed by atoms with Crippen LogP contribution in [0.1, 0.15) is 73.6 Å². The van der Waals surface area contributed by atoms with Crippen LogP contribution in [0.2, 0.25) is 0 Å². The van der Waals surface area contributed by atoms with E-state index in [1.54, 1.807) is 13.8 Å².